The molecule has 0 radical (unpaired) electrons. The molecule has 1 aliphatic heterocycles. The lowest BCUT2D eigenvalue weighted by atomic mass is 10.2. The van der Waals surface area contributed by atoms with E-state index in [4.69, 9.17) is 9.47 Å². The van der Waals surface area contributed by atoms with Crippen molar-refractivity contribution in [2.45, 2.75) is 13.0 Å². The summed E-state index contributed by atoms with van der Waals surface area (Å²) in [7, 11) is 0. The van der Waals surface area contributed by atoms with Crippen molar-refractivity contribution in [3.05, 3.63) is 53.9 Å². The Hall–Kier alpha value is -2.76. The molecule has 1 aliphatic rings. The minimum absolute atomic E-state index is 0.200. The lowest BCUT2D eigenvalue weighted by molar-refractivity contribution is 0.174. The van der Waals surface area contributed by atoms with Crippen LogP contribution >= 0.6 is 0 Å². The molecule has 0 atom stereocenters. The van der Waals surface area contributed by atoms with Crippen LogP contribution in [-0.4, -0.2) is 24.4 Å². The first kappa shape index (κ1) is 14.2. The molecule has 0 bridgehead atoms. The fraction of sp³-hybridized carbons (Fsp3) is 0.250. The maximum absolute atomic E-state index is 11.7. The van der Waals surface area contributed by atoms with Gasteiger partial charge in [0.15, 0.2) is 11.5 Å². The number of aromatic nitrogens is 1. The van der Waals surface area contributed by atoms with Crippen LogP contribution in [0.2, 0.25) is 0 Å². The number of fused-ring (bicyclic) bond motifs is 1. The van der Waals surface area contributed by atoms with Crippen LogP contribution in [0.3, 0.4) is 0 Å². The molecule has 2 heterocycles. The third-order valence-corrected chi connectivity index (χ3v) is 3.28. The molecule has 2 amide bonds. The maximum Gasteiger partial charge on any atom is 0.315 e. The van der Waals surface area contributed by atoms with Gasteiger partial charge in [-0.05, 0) is 29.8 Å². The van der Waals surface area contributed by atoms with E-state index in [1.54, 1.807) is 6.20 Å². The van der Waals surface area contributed by atoms with Gasteiger partial charge >= 0.3 is 6.03 Å². The van der Waals surface area contributed by atoms with Crippen LogP contribution in [0.25, 0.3) is 0 Å². The normalized spacial score (nSPS) is 12.0. The van der Waals surface area contributed by atoms with Crippen molar-refractivity contribution < 1.29 is 14.3 Å². The predicted octanol–water partition coefficient (Wildman–Crippen LogP) is 1.85. The van der Waals surface area contributed by atoms with Crippen LogP contribution in [0.15, 0.2) is 42.6 Å². The second-order valence-corrected chi connectivity index (χ2v) is 4.87. The first-order valence-electron chi connectivity index (χ1n) is 7.11. The second-order valence-electron chi connectivity index (χ2n) is 4.87. The van der Waals surface area contributed by atoms with E-state index in [1.807, 2.05) is 36.4 Å². The Kier molecular flexibility index (Phi) is 4.38. The lowest BCUT2D eigenvalue weighted by Gasteiger charge is -2.08. The number of ether oxygens (including phenoxy) is 2. The summed E-state index contributed by atoms with van der Waals surface area (Å²) in [5.74, 6) is 1.46. The summed E-state index contributed by atoms with van der Waals surface area (Å²) in [6.45, 7) is 1.23. The monoisotopic (exact) mass is 299 g/mol. The number of hydrogen-bond donors (Lipinski definition) is 2. The molecule has 0 aliphatic carbocycles. The van der Waals surface area contributed by atoms with E-state index in [0.717, 1.165) is 22.8 Å². The van der Waals surface area contributed by atoms with Gasteiger partial charge in [-0.15, -0.1) is 0 Å². The summed E-state index contributed by atoms with van der Waals surface area (Å²) in [6, 6.07) is 11.2. The minimum atomic E-state index is -0.200. The number of hydrogen-bond acceptors (Lipinski definition) is 4. The highest BCUT2D eigenvalue weighted by Gasteiger charge is 2.13. The Morgan fingerprint density at radius 3 is 2.91 bits per heavy atom. The number of carbonyl (C=O) groups excluding carboxylic acids is 1. The van der Waals surface area contributed by atoms with Crippen LogP contribution < -0.4 is 20.1 Å². The van der Waals surface area contributed by atoms with Gasteiger partial charge in [-0.3, -0.25) is 4.98 Å². The van der Waals surface area contributed by atoms with E-state index in [0.29, 0.717) is 19.5 Å². The lowest BCUT2D eigenvalue weighted by Crippen LogP contribution is -2.36. The SMILES string of the molecule is O=C(NCCc1ccccn1)NCc1ccc2c(c1)OCO2. The maximum atomic E-state index is 11.7. The molecule has 6 heteroatoms. The topological polar surface area (TPSA) is 72.5 Å². The third kappa shape index (κ3) is 3.66. The molecular formula is C16H17N3O3. The molecule has 22 heavy (non-hydrogen) atoms. The summed E-state index contributed by atoms with van der Waals surface area (Å²) in [5, 5.41) is 5.62. The summed E-state index contributed by atoms with van der Waals surface area (Å²) >= 11 is 0. The molecule has 0 saturated heterocycles. The van der Waals surface area contributed by atoms with Gasteiger partial charge < -0.3 is 20.1 Å². The smallest absolute Gasteiger partial charge is 0.315 e. The van der Waals surface area contributed by atoms with Gasteiger partial charge in [0, 0.05) is 31.4 Å². The molecule has 2 N–H and O–H groups in total. The number of rotatable bonds is 5. The molecule has 0 spiro atoms. The van der Waals surface area contributed by atoms with Crippen molar-refractivity contribution in [1.82, 2.24) is 15.6 Å². The van der Waals surface area contributed by atoms with Gasteiger partial charge in [0.25, 0.3) is 0 Å². The quantitative estimate of drug-likeness (QED) is 0.884. The molecule has 6 nitrogen and oxygen atoms in total. The standard InChI is InChI=1S/C16H17N3O3/c20-16(18-8-6-13-3-1-2-7-17-13)19-10-12-4-5-14-15(9-12)22-11-21-14/h1-5,7,9H,6,8,10-11H2,(H2,18,19,20). The zero-order valence-electron chi connectivity index (χ0n) is 12.0. The van der Waals surface area contributed by atoms with Crippen LogP contribution in [0, 0.1) is 0 Å². The molecule has 1 aromatic carbocycles. The van der Waals surface area contributed by atoms with Gasteiger partial charge in [-0.1, -0.05) is 12.1 Å². The van der Waals surface area contributed by atoms with Gasteiger partial charge in [-0.2, -0.15) is 0 Å². The molecule has 3 rings (SSSR count). The number of nitrogens with zero attached hydrogens (tertiary/aromatic N) is 1. The molecule has 0 unspecified atom stereocenters. The van der Waals surface area contributed by atoms with Crippen molar-refractivity contribution in [2.75, 3.05) is 13.3 Å². The Morgan fingerprint density at radius 2 is 2.05 bits per heavy atom. The highest BCUT2D eigenvalue weighted by atomic mass is 16.7. The third-order valence-electron chi connectivity index (χ3n) is 3.28. The average Bonchev–Trinajstić information content (AvgIpc) is 3.01. The highest BCUT2D eigenvalue weighted by Crippen LogP contribution is 2.32. The Balaban J connectivity index is 1.41. The molecule has 0 saturated carbocycles. The van der Waals surface area contributed by atoms with Crippen molar-refractivity contribution in [3.8, 4) is 11.5 Å². The van der Waals surface area contributed by atoms with Crippen LogP contribution in [0.4, 0.5) is 4.79 Å². The number of urea groups is 1. The summed E-state index contributed by atoms with van der Waals surface area (Å²) in [6.07, 6.45) is 2.45. The van der Waals surface area contributed by atoms with Crippen molar-refractivity contribution in [3.63, 3.8) is 0 Å². The molecule has 2 aromatic rings. The molecular weight excluding hydrogens is 282 g/mol. The summed E-state index contributed by atoms with van der Waals surface area (Å²) in [4.78, 5) is 15.9. The molecule has 0 fully saturated rings. The van der Waals surface area contributed by atoms with Crippen LogP contribution in [0.5, 0.6) is 11.5 Å². The summed E-state index contributed by atoms with van der Waals surface area (Å²) in [5.41, 5.74) is 1.92. The molecule has 114 valence electrons. The van der Waals surface area contributed by atoms with Crippen LogP contribution in [-0.2, 0) is 13.0 Å². The van der Waals surface area contributed by atoms with E-state index < -0.39 is 0 Å². The van der Waals surface area contributed by atoms with E-state index in [-0.39, 0.29) is 12.8 Å². The Labute approximate surface area is 128 Å². The molecule has 1 aromatic heterocycles. The van der Waals surface area contributed by atoms with Crippen molar-refractivity contribution in [1.29, 1.82) is 0 Å². The second kappa shape index (κ2) is 6.80. The van der Waals surface area contributed by atoms with Gasteiger partial charge in [0.2, 0.25) is 6.79 Å². The van der Waals surface area contributed by atoms with Crippen molar-refractivity contribution >= 4 is 6.03 Å². The number of carbonyl (C=O) groups is 1. The van der Waals surface area contributed by atoms with E-state index in [9.17, 15) is 4.79 Å². The van der Waals surface area contributed by atoms with E-state index in [2.05, 4.69) is 15.6 Å². The summed E-state index contributed by atoms with van der Waals surface area (Å²) < 4.78 is 10.5. The first-order chi connectivity index (χ1) is 10.8. The minimum Gasteiger partial charge on any atom is -0.454 e. The van der Waals surface area contributed by atoms with Crippen LogP contribution in [0.1, 0.15) is 11.3 Å². The first-order valence-corrected chi connectivity index (χ1v) is 7.11. The Morgan fingerprint density at radius 1 is 1.14 bits per heavy atom. The zero-order chi connectivity index (χ0) is 15.2. The fourth-order valence-corrected chi connectivity index (χ4v) is 2.15. The number of benzene rings is 1. The average molecular weight is 299 g/mol. The zero-order valence-corrected chi connectivity index (χ0v) is 12.0. The van der Waals surface area contributed by atoms with Gasteiger partial charge in [0.1, 0.15) is 0 Å². The Bertz CT molecular complexity index is 646. The van der Waals surface area contributed by atoms with Crippen molar-refractivity contribution in [2.24, 2.45) is 0 Å². The van der Waals surface area contributed by atoms with Gasteiger partial charge in [-0.25, -0.2) is 4.79 Å². The number of pyridine rings is 1. The van der Waals surface area contributed by atoms with E-state index >= 15 is 0 Å². The highest BCUT2D eigenvalue weighted by molar-refractivity contribution is 5.73. The number of nitrogens with one attached hydrogen (secondary N) is 2. The fourth-order valence-electron chi connectivity index (χ4n) is 2.15. The van der Waals surface area contributed by atoms with E-state index in [1.165, 1.54) is 0 Å². The van der Waals surface area contributed by atoms with Gasteiger partial charge in [0.05, 0.1) is 0 Å². The number of amides is 2. The predicted molar refractivity (Wildman–Crippen MR) is 80.7 cm³/mol. The largest absolute Gasteiger partial charge is 0.454 e.